The molecule has 0 spiro atoms. The van der Waals surface area contributed by atoms with Crippen molar-refractivity contribution in [1.82, 2.24) is 4.98 Å². The predicted molar refractivity (Wildman–Crippen MR) is 111 cm³/mol. The summed E-state index contributed by atoms with van der Waals surface area (Å²) in [6.45, 7) is 12.9. The molecule has 1 heterocycles. The highest BCUT2D eigenvalue weighted by Crippen LogP contribution is 2.34. The average Bonchev–Trinajstić information content (AvgIpc) is 2.58. The number of pyridine rings is 1. The predicted octanol–water partition coefficient (Wildman–Crippen LogP) is 6.70. The van der Waals surface area contributed by atoms with Crippen LogP contribution in [0.2, 0.25) is 0 Å². The number of ether oxygens (including phenoxy) is 1. The molecular weight excluding hydrogens is 318 g/mol. The summed E-state index contributed by atoms with van der Waals surface area (Å²) in [5, 5.41) is 1.10. The van der Waals surface area contributed by atoms with E-state index < -0.39 is 0 Å². The molecule has 0 amide bonds. The molecular formula is C24H29NO. The zero-order chi connectivity index (χ0) is 18.8. The highest BCUT2D eigenvalue weighted by Gasteiger charge is 2.13. The van der Waals surface area contributed by atoms with Crippen molar-refractivity contribution < 1.29 is 4.74 Å². The lowest BCUT2D eigenvalue weighted by Gasteiger charge is -2.18. The minimum atomic E-state index is 0.242. The Hall–Kier alpha value is -2.35. The van der Waals surface area contributed by atoms with E-state index in [1.807, 2.05) is 6.92 Å². The fraction of sp³-hybridized carbons (Fsp3) is 0.375. The van der Waals surface area contributed by atoms with Crippen LogP contribution in [0.5, 0.6) is 5.75 Å². The summed E-state index contributed by atoms with van der Waals surface area (Å²) in [5.74, 6) is 0.950. The van der Waals surface area contributed by atoms with Crippen LogP contribution in [0.25, 0.3) is 22.0 Å². The second-order valence-corrected chi connectivity index (χ2v) is 7.32. The van der Waals surface area contributed by atoms with Crippen molar-refractivity contribution in [3.63, 3.8) is 0 Å². The molecule has 0 unspecified atom stereocenters. The van der Waals surface area contributed by atoms with Gasteiger partial charge in [-0.15, -0.1) is 0 Å². The van der Waals surface area contributed by atoms with Crippen LogP contribution in [-0.4, -0.2) is 11.1 Å². The first kappa shape index (κ1) is 18.4. The van der Waals surface area contributed by atoms with Gasteiger partial charge in [0.1, 0.15) is 5.75 Å². The number of aromatic nitrogens is 1. The van der Waals surface area contributed by atoms with Crippen molar-refractivity contribution in [2.45, 2.75) is 60.5 Å². The van der Waals surface area contributed by atoms with Gasteiger partial charge in [-0.25, -0.2) is 0 Å². The Kier molecular flexibility index (Phi) is 5.31. The number of hydrogen-bond acceptors (Lipinski definition) is 2. The smallest absolute Gasteiger partial charge is 0.130 e. The van der Waals surface area contributed by atoms with Gasteiger partial charge in [-0.2, -0.15) is 0 Å². The van der Waals surface area contributed by atoms with E-state index in [4.69, 9.17) is 9.72 Å². The molecule has 2 heteroatoms. The molecule has 0 saturated heterocycles. The number of hydrogen-bond donors (Lipinski definition) is 0. The molecule has 0 saturated carbocycles. The molecule has 1 aromatic heterocycles. The molecule has 0 radical (unpaired) electrons. The molecule has 0 aliphatic carbocycles. The first-order valence-electron chi connectivity index (χ1n) is 9.59. The Labute approximate surface area is 157 Å². The minimum Gasteiger partial charge on any atom is -0.490 e. The Morgan fingerprint density at radius 1 is 0.885 bits per heavy atom. The van der Waals surface area contributed by atoms with Gasteiger partial charge < -0.3 is 4.74 Å². The first-order chi connectivity index (χ1) is 12.4. The number of aryl methyl sites for hydroxylation is 4. The molecule has 0 N–H and O–H groups in total. The number of benzene rings is 2. The normalized spacial score (nSPS) is 11.3. The molecule has 3 aromatic rings. The fourth-order valence-electron chi connectivity index (χ4n) is 3.84. The zero-order valence-electron chi connectivity index (χ0n) is 16.8. The van der Waals surface area contributed by atoms with Crippen molar-refractivity contribution in [2.75, 3.05) is 0 Å². The van der Waals surface area contributed by atoms with E-state index in [9.17, 15) is 0 Å². The summed E-state index contributed by atoms with van der Waals surface area (Å²) >= 11 is 0. The molecule has 2 nitrogen and oxygen atoms in total. The highest BCUT2D eigenvalue weighted by molar-refractivity contribution is 5.90. The van der Waals surface area contributed by atoms with Crippen molar-refractivity contribution in [1.29, 1.82) is 0 Å². The Bertz CT molecular complexity index is 915. The fourth-order valence-corrected chi connectivity index (χ4v) is 3.84. The molecule has 2 aromatic carbocycles. The highest BCUT2D eigenvalue weighted by atomic mass is 16.5. The van der Waals surface area contributed by atoms with E-state index in [2.05, 4.69) is 71.0 Å². The van der Waals surface area contributed by atoms with Crippen molar-refractivity contribution in [3.05, 3.63) is 58.8 Å². The third-order valence-electron chi connectivity index (χ3n) is 5.07. The Balaban J connectivity index is 2.18. The molecule has 26 heavy (non-hydrogen) atoms. The number of fused-ring (bicyclic) bond motifs is 1. The lowest BCUT2D eigenvalue weighted by Crippen LogP contribution is -2.14. The van der Waals surface area contributed by atoms with Gasteiger partial charge in [0, 0.05) is 17.1 Å². The monoisotopic (exact) mass is 347 g/mol. The van der Waals surface area contributed by atoms with Crippen molar-refractivity contribution in [3.8, 4) is 16.9 Å². The summed E-state index contributed by atoms with van der Waals surface area (Å²) in [6.07, 6.45) is 2.26. The minimum absolute atomic E-state index is 0.242. The second kappa shape index (κ2) is 7.49. The van der Waals surface area contributed by atoms with Crippen molar-refractivity contribution >= 4 is 10.9 Å². The van der Waals surface area contributed by atoms with Gasteiger partial charge >= 0.3 is 0 Å². The van der Waals surface area contributed by atoms with Crippen LogP contribution in [0.1, 0.15) is 49.1 Å². The van der Waals surface area contributed by atoms with Crippen LogP contribution in [0.3, 0.4) is 0 Å². The van der Waals surface area contributed by atoms with Crippen LogP contribution in [0.15, 0.2) is 36.4 Å². The van der Waals surface area contributed by atoms with Crippen molar-refractivity contribution in [2.24, 2.45) is 0 Å². The van der Waals surface area contributed by atoms with Crippen LogP contribution in [0, 0.1) is 27.7 Å². The maximum atomic E-state index is 6.34. The van der Waals surface area contributed by atoms with Gasteiger partial charge in [0.05, 0.1) is 11.6 Å². The standard InChI is InChI=1S/C24H29NO/c1-7-20(8-2)26-23-13-18(6)25-22-10-9-19(14-21(22)23)24-16(4)11-15(3)12-17(24)5/h9-14,20H,7-8H2,1-6H3. The van der Waals surface area contributed by atoms with Crippen LogP contribution in [-0.2, 0) is 0 Å². The average molecular weight is 348 g/mol. The third-order valence-corrected chi connectivity index (χ3v) is 5.07. The Morgan fingerprint density at radius 3 is 2.15 bits per heavy atom. The van der Waals surface area contributed by atoms with Crippen LogP contribution in [0.4, 0.5) is 0 Å². The second-order valence-electron chi connectivity index (χ2n) is 7.32. The van der Waals surface area contributed by atoms with Gasteiger partial charge in [0.15, 0.2) is 0 Å². The summed E-state index contributed by atoms with van der Waals surface area (Å²) in [6, 6.07) is 13.1. The third kappa shape index (κ3) is 3.60. The molecule has 3 rings (SSSR count). The van der Waals surface area contributed by atoms with Gasteiger partial charge in [-0.3, -0.25) is 4.98 Å². The quantitative estimate of drug-likeness (QED) is 0.512. The topological polar surface area (TPSA) is 22.1 Å². The van der Waals surface area contributed by atoms with E-state index in [-0.39, 0.29) is 6.10 Å². The van der Waals surface area contributed by atoms with Gasteiger partial charge in [-0.05, 0) is 74.9 Å². The van der Waals surface area contributed by atoms with E-state index in [0.29, 0.717) is 0 Å². The lowest BCUT2D eigenvalue weighted by atomic mass is 9.93. The van der Waals surface area contributed by atoms with Gasteiger partial charge in [-0.1, -0.05) is 37.6 Å². The first-order valence-corrected chi connectivity index (χ1v) is 9.59. The summed E-state index contributed by atoms with van der Waals surface area (Å²) in [5.41, 5.74) is 8.46. The lowest BCUT2D eigenvalue weighted by molar-refractivity contribution is 0.195. The molecule has 0 bridgehead atoms. The zero-order valence-corrected chi connectivity index (χ0v) is 16.8. The summed E-state index contributed by atoms with van der Waals surface area (Å²) in [7, 11) is 0. The molecule has 0 aliphatic heterocycles. The van der Waals surface area contributed by atoms with E-state index in [0.717, 1.165) is 35.2 Å². The SMILES string of the molecule is CCC(CC)Oc1cc(C)nc2ccc(-c3c(C)cc(C)cc3C)cc12. The van der Waals surface area contributed by atoms with Gasteiger partial charge in [0.25, 0.3) is 0 Å². The van der Waals surface area contributed by atoms with E-state index in [1.165, 1.54) is 27.8 Å². The maximum absolute atomic E-state index is 6.34. The van der Waals surface area contributed by atoms with E-state index >= 15 is 0 Å². The molecule has 136 valence electrons. The number of nitrogens with zero attached hydrogens (tertiary/aromatic N) is 1. The Morgan fingerprint density at radius 2 is 1.54 bits per heavy atom. The molecule has 0 aliphatic rings. The summed E-state index contributed by atoms with van der Waals surface area (Å²) < 4.78 is 6.34. The maximum Gasteiger partial charge on any atom is 0.130 e. The molecule has 0 fully saturated rings. The van der Waals surface area contributed by atoms with Crippen LogP contribution >= 0.6 is 0 Å². The largest absolute Gasteiger partial charge is 0.490 e. The molecule has 0 atom stereocenters. The summed E-state index contributed by atoms with van der Waals surface area (Å²) in [4.78, 5) is 4.71. The van der Waals surface area contributed by atoms with E-state index in [1.54, 1.807) is 0 Å². The van der Waals surface area contributed by atoms with Crippen LogP contribution < -0.4 is 4.74 Å². The van der Waals surface area contributed by atoms with Gasteiger partial charge in [0.2, 0.25) is 0 Å². The number of rotatable bonds is 5.